The number of rotatable bonds is 10. The first-order chi connectivity index (χ1) is 17.1. The Kier molecular flexibility index (Phi) is 7.63. The number of carbonyl (C=O) groups excluding carboxylic acids is 1. The van der Waals surface area contributed by atoms with Gasteiger partial charge in [-0.2, -0.15) is 0 Å². The number of aromatic nitrogens is 3. The summed E-state index contributed by atoms with van der Waals surface area (Å²) in [5, 5.41) is 3.24. The van der Waals surface area contributed by atoms with E-state index in [1.807, 2.05) is 54.6 Å². The van der Waals surface area contributed by atoms with Crippen molar-refractivity contribution < 1.29 is 4.79 Å². The van der Waals surface area contributed by atoms with Gasteiger partial charge in [-0.15, -0.1) is 0 Å². The lowest BCUT2D eigenvalue weighted by Gasteiger charge is -2.09. The van der Waals surface area contributed by atoms with Crippen molar-refractivity contribution in [2.75, 3.05) is 12.4 Å². The van der Waals surface area contributed by atoms with Crippen molar-refractivity contribution in [2.24, 2.45) is 4.99 Å². The molecule has 6 heteroatoms. The minimum atomic E-state index is 0.0499. The second kappa shape index (κ2) is 11.2. The van der Waals surface area contributed by atoms with Gasteiger partial charge in [-0.05, 0) is 66.5 Å². The van der Waals surface area contributed by atoms with Crippen molar-refractivity contribution >= 4 is 34.2 Å². The molecule has 4 aromatic rings. The molecule has 0 saturated carbocycles. The van der Waals surface area contributed by atoms with Crippen LogP contribution in [0.1, 0.15) is 35.7 Å². The number of fused-ring (bicyclic) bond motifs is 1. The van der Waals surface area contributed by atoms with Crippen molar-refractivity contribution in [3.63, 3.8) is 0 Å². The summed E-state index contributed by atoms with van der Waals surface area (Å²) in [6.45, 7) is 6.22. The summed E-state index contributed by atoms with van der Waals surface area (Å²) >= 11 is 0. The molecule has 35 heavy (non-hydrogen) atoms. The predicted molar refractivity (Wildman–Crippen MR) is 144 cm³/mol. The number of nitrogens with one attached hydrogen (secondary N) is 2. The Bertz CT molecular complexity index is 1360. The highest BCUT2D eigenvalue weighted by Gasteiger charge is 2.07. The molecule has 2 heterocycles. The standard InChI is InChI=1S/C29H29N5O/c1-4-24-14-13-23(19-31-24)26(30-3)17-16-25(35)15-12-21-8-7-9-22(18-21)20(2)32-29-33-27-10-5-6-11-28(27)34-29/h5-11,13-14,16-19H,2,4,12,15H2,1,3H3,(H2,32,33,34)/b17-16-,30-26+. The monoisotopic (exact) mass is 463 g/mol. The summed E-state index contributed by atoms with van der Waals surface area (Å²) in [5.74, 6) is 0.698. The Morgan fingerprint density at radius 3 is 2.69 bits per heavy atom. The number of aromatic amines is 1. The van der Waals surface area contributed by atoms with Crippen LogP contribution in [-0.2, 0) is 17.6 Å². The summed E-state index contributed by atoms with van der Waals surface area (Å²) in [6.07, 6.45) is 7.10. The number of allylic oxidation sites excluding steroid dienone is 2. The van der Waals surface area contributed by atoms with Crippen molar-refractivity contribution in [3.8, 4) is 0 Å². The molecule has 2 aromatic heterocycles. The number of imidazole rings is 1. The van der Waals surface area contributed by atoms with Crippen molar-refractivity contribution in [3.05, 3.63) is 108 Å². The van der Waals surface area contributed by atoms with Gasteiger partial charge in [0.25, 0.3) is 0 Å². The minimum Gasteiger partial charge on any atom is -0.326 e. The number of hydrogen-bond donors (Lipinski definition) is 2. The van der Waals surface area contributed by atoms with Crippen LogP contribution in [0.15, 0.2) is 90.6 Å². The molecule has 2 N–H and O–H groups in total. The van der Waals surface area contributed by atoms with Crippen LogP contribution in [0.25, 0.3) is 16.7 Å². The molecule has 0 saturated heterocycles. The maximum Gasteiger partial charge on any atom is 0.205 e. The third kappa shape index (κ3) is 6.18. The number of anilines is 1. The second-order valence-electron chi connectivity index (χ2n) is 8.21. The fourth-order valence-electron chi connectivity index (χ4n) is 3.75. The van der Waals surface area contributed by atoms with Crippen molar-refractivity contribution in [1.82, 2.24) is 15.0 Å². The molecule has 0 aliphatic carbocycles. The summed E-state index contributed by atoms with van der Waals surface area (Å²) in [4.78, 5) is 29.0. The van der Waals surface area contributed by atoms with Crippen LogP contribution in [0.2, 0.25) is 0 Å². The number of ketones is 1. The number of aryl methyl sites for hydroxylation is 2. The normalized spacial score (nSPS) is 11.8. The van der Waals surface area contributed by atoms with Gasteiger partial charge in [-0.3, -0.25) is 14.8 Å². The van der Waals surface area contributed by atoms with Crippen LogP contribution in [0.5, 0.6) is 0 Å². The molecule has 0 atom stereocenters. The first kappa shape index (κ1) is 23.8. The molecule has 2 aromatic carbocycles. The lowest BCUT2D eigenvalue weighted by Crippen LogP contribution is -2.02. The predicted octanol–water partition coefficient (Wildman–Crippen LogP) is 5.78. The van der Waals surface area contributed by atoms with E-state index in [4.69, 9.17) is 0 Å². The highest BCUT2D eigenvalue weighted by molar-refractivity contribution is 6.11. The van der Waals surface area contributed by atoms with Gasteiger partial charge in [0.2, 0.25) is 5.95 Å². The zero-order valence-electron chi connectivity index (χ0n) is 20.1. The molecule has 0 fully saturated rings. The molecule has 0 aliphatic rings. The third-order valence-corrected chi connectivity index (χ3v) is 5.74. The zero-order chi connectivity index (χ0) is 24.6. The van der Waals surface area contributed by atoms with Gasteiger partial charge >= 0.3 is 0 Å². The van der Waals surface area contributed by atoms with E-state index in [1.165, 1.54) is 0 Å². The highest BCUT2D eigenvalue weighted by Crippen LogP contribution is 2.20. The number of H-pyrrole nitrogens is 1. The van der Waals surface area contributed by atoms with E-state index < -0.39 is 0 Å². The van der Waals surface area contributed by atoms with Gasteiger partial charge in [0.1, 0.15) is 0 Å². The molecule has 0 spiro atoms. The second-order valence-corrected chi connectivity index (χ2v) is 8.21. The largest absolute Gasteiger partial charge is 0.326 e. The summed E-state index contributed by atoms with van der Waals surface area (Å²) in [6, 6.07) is 19.9. The summed E-state index contributed by atoms with van der Waals surface area (Å²) in [5.41, 5.74) is 7.29. The Labute approximate surface area is 205 Å². The number of para-hydroxylation sites is 2. The highest BCUT2D eigenvalue weighted by atomic mass is 16.1. The topological polar surface area (TPSA) is 83.0 Å². The van der Waals surface area contributed by atoms with Gasteiger partial charge in [0, 0.05) is 36.6 Å². The smallest absolute Gasteiger partial charge is 0.205 e. The summed E-state index contributed by atoms with van der Waals surface area (Å²) < 4.78 is 0. The lowest BCUT2D eigenvalue weighted by atomic mass is 10.0. The first-order valence-electron chi connectivity index (χ1n) is 11.7. The van der Waals surface area contributed by atoms with Gasteiger partial charge in [-0.25, -0.2) is 4.98 Å². The average molecular weight is 464 g/mol. The van der Waals surface area contributed by atoms with E-state index in [0.29, 0.717) is 18.8 Å². The number of benzene rings is 2. The molecule has 0 bridgehead atoms. The van der Waals surface area contributed by atoms with Crippen molar-refractivity contribution in [2.45, 2.75) is 26.2 Å². The van der Waals surface area contributed by atoms with Crippen LogP contribution in [-0.4, -0.2) is 33.5 Å². The van der Waals surface area contributed by atoms with E-state index in [0.717, 1.165) is 51.2 Å². The van der Waals surface area contributed by atoms with E-state index in [2.05, 4.69) is 44.8 Å². The molecular weight excluding hydrogens is 434 g/mol. The molecule has 0 amide bonds. The van der Waals surface area contributed by atoms with Crippen LogP contribution in [0.4, 0.5) is 5.95 Å². The Morgan fingerprint density at radius 1 is 1.09 bits per heavy atom. The maximum absolute atomic E-state index is 12.5. The number of pyridine rings is 1. The molecule has 0 aliphatic heterocycles. The Morgan fingerprint density at radius 2 is 1.94 bits per heavy atom. The van der Waals surface area contributed by atoms with Crippen LogP contribution in [0, 0.1) is 0 Å². The molecule has 6 nitrogen and oxygen atoms in total. The number of hydrogen-bond acceptors (Lipinski definition) is 5. The van der Waals surface area contributed by atoms with E-state index >= 15 is 0 Å². The zero-order valence-corrected chi connectivity index (χ0v) is 20.1. The molecule has 176 valence electrons. The van der Waals surface area contributed by atoms with Crippen LogP contribution >= 0.6 is 0 Å². The van der Waals surface area contributed by atoms with Crippen LogP contribution < -0.4 is 5.32 Å². The minimum absolute atomic E-state index is 0.0499. The molecular formula is C29H29N5O. The van der Waals surface area contributed by atoms with Crippen molar-refractivity contribution in [1.29, 1.82) is 0 Å². The quantitative estimate of drug-likeness (QED) is 0.231. The van der Waals surface area contributed by atoms with Gasteiger partial charge in [0.15, 0.2) is 5.78 Å². The Hall–Kier alpha value is -4.32. The number of aliphatic imine (C=N–C) groups is 1. The fourth-order valence-corrected chi connectivity index (χ4v) is 3.75. The molecule has 4 rings (SSSR count). The summed E-state index contributed by atoms with van der Waals surface area (Å²) in [7, 11) is 1.72. The van der Waals surface area contributed by atoms with E-state index in [9.17, 15) is 4.79 Å². The fraction of sp³-hybridized carbons (Fsp3) is 0.172. The SMILES string of the molecule is C=C(Nc1nc2ccccc2[nH]1)c1cccc(CCC(=O)/C=C\C(=N/C)c2ccc(CC)nc2)c1. The van der Waals surface area contributed by atoms with Gasteiger partial charge in [-0.1, -0.05) is 43.8 Å². The molecule has 0 radical (unpaired) electrons. The van der Waals surface area contributed by atoms with E-state index in [1.54, 1.807) is 25.4 Å². The Balaban J connectivity index is 1.34. The number of nitrogens with zero attached hydrogens (tertiary/aromatic N) is 3. The van der Waals surface area contributed by atoms with Gasteiger partial charge < -0.3 is 10.3 Å². The third-order valence-electron chi connectivity index (χ3n) is 5.74. The van der Waals surface area contributed by atoms with Crippen LogP contribution in [0.3, 0.4) is 0 Å². The van der Waals surface area contributed by atoms with E-state index in [-0.39, 0.29) is 5.78 Å². The van der Waals surface area contributed by atoms with Gasteiger partial charge in [0.05, 0.1) is 16.7 Å². The average Bonchev–Trinajstić information content (AvgIpc) is 3.30. The maximum atomic E-state index is 12.5. The lowest BCUT2D eigenvalue weighted by molar-refractivity contribution is -0.114. The number of carbonyl (C=O) groups is 1. The molecule has 0 unspecified atom stereocenters. The first-order valence-corrected chi connectivity index (χ1v) is 11.7.